The molecule has 4 rings (SSSR count). The van der Waals surface area contributed by atoms with Crippen LogP contribution >= 0.6 is 11.8 Å². The molecule has 6 heteroatoms. The highest BCUT2D eigenvalue weighted by Crippen LogP contribution is 2.35. The maximum atomic E-state index is 11.6. The molecule has 1 aliphatic rings. The summed E-state index contributed by atoms with van der Waals surface area (Å²) in [7, 11) is 0. The van der Waals surface area contributed by atoms with Crippen molar-refractivity contribution in [1.29, 1.82) is 0 Å². The predicted molar refractivity (Wildman–Crippen MR) is 151 cm³/mol. The van der Waals surface area contributed by atoms with Gasteiger partial charge in [0.05, 0.1) is 6.61 Å². The van der Waals surface area contributed by atoms with E-state index in [1.807, 2.05) is 30.3 Å². The lowest BCUT2D eigenvalue weighted by molar-refractivity contribution is -0.00292. The van der Waals surface area contributed by atoms with Gasteiger partial charge in [-0.05, 0) is 53.1 Å². The molecule has 0 amide bonds. The second-order valence-corrected chi connectivity index (χ2v) is 10.3. The molecule has 4 N–H and O–H groups in total. The fraction of sp³-hybridized carbons (Fsp3) is 0.333. The SMILES string of the molecule is CCC/C(=C\N)CN1CCN(C(O)c2ccccc2SCCO)Cc2cc(-c3ccccc3)ccc21. The van der Waals surface area contributed by atoms with Crippen LogP contribution in [-0.4, -0.2) is 47.1 Å². The van der Waals surface area contributed by atoms with Crippen LogP contribution in [-0.2, 0) is 6.54 Å². The van der Waals surface area contributed by atoms with Gasteiger partial charge in [0.2, 0.25) is 0 Å². The van der Waals surface area contributed by atoms with E-state index in [0.717, 1.165) is 42.9 Å². The first-order valence-corrected chi connectivity index (χ1v) is 13.7. The summed E-state index contributed by atoms with van der Waals surface area (Å²) in [6, 6.07) is 25.1. The molecular weight excluding hydrogens is 466 g/mol. The monoisotopic (exact) mass is 503 g/mol. The van der Waals surface area contributed by atoms with Gasteiger partial charge >= 0.3 is 0 Å². The standard InChI is InChI=1S/C30H37N3O2S/c1-2-8-23(20-31)21-32-15-16-33(30(35)27-11-6-7-12-29(27)36-18-17-34)22-26-19-25(13-14-28(26)32)24-9-4-3-5-10-24/h3-7,9-14,19-20,30,34-35H,2,8,15-18,21-22,31H2,1H3/b23-20+. The molecule has 1 atom stereocenters. The molecule has 36 heavy (non-hydrogen) atoms. The third-order valence-corrected chi connectivity index (χ3v) is 7.72. The van der Waals surface area contributed by atoms with E-state index >= 15 is 0 Å². The zero-order valence-corrected chi connectivity index (χ0v) is 21.8. The summed E-state index contributed by atoms with van der Waals surface area (Å²) in [6.45, 7) is 5.23. The van der Waals surface area contributed by atoms with Gasteiger partial charge in [-0.2, -0.15) is 0 Å². The minimum absolute atomic E-state index is 0.109. The zero-order chi connectivity index (χ0) is 25.3. The first kappa shape index (κ1) is 26.3. The van der Waals surface area contributed by atoms with Crippen LogP contribution in [0.15, 0.2) is 89.5 Å². The highest BCUT2D eigenvalue weighted by molar-refractivity contribution is 7.99. The normalized spacial score (nSPS) is 15.4. The molecule has 3 aromatic carbocycles. The van der Waals surface area contributed by atoms with Gasteiger partial charge in [-0.1, -0.05) is 67.9 Å². The zero-order valence-electron chi connectivity index (χ0n) is 21.0. The Bertz CT molecular complexity index is 1150. The van der Waals surface area contributed by atoms with Crippen LogP contribution in [0.3, 0.4) is 0 Å². The number of benzene rings is 3. The Morgan fingerprint density at radius 1 is 1.03 bits per heavy atom. The molecule has 1 heterocycles. The van der Waals surface area contributed by atoms with E-state index in [9.17, 15) is 10.2 Å². The molecule has 0 fully saturated rings. The van der Waals surface area contributed by atoms with Crippen LogP contribution in [0.2, 0.25) is 0 Å². The minimum atomic E-state index is -0.735. The summed E-state index contributed by atoms with van der Waals surface area (Å²) < 4.78 is 0. The molecule has 1 aliphatic heterocycles. The van der Waals surface area contributed by atoms with E-state index in [4.69, 9.17) is 5.73 Å². The van der Waals surface area contributed by atoms with Crippen LogP contribution in [0.5, 0.6) is 0 Å². The molecular formula is C30H37N3O2S. The van der Waals surface area contributed by atoms with Gasteiger partial charge in [-0.15, -0.1) is 11.8 Å². The molecule has 0 radical (unpaired) electrons. The Balaban J connectivity index is 1.68. The Hall–Kier alpha value is -2.77. The van der Waals surface area contributed by atoms with E-state index in [-0.39, 0.29) is 6.61 Å². The number of rotatable bonds is 10. The fourth-order valence-corrected chi connectivity index (χ4v) is 5.66. The van der Waals surface area contributed by atoms with Crippen molar-refractivity contribution in [3.8, 4) is 11.1 Å². The van der Waals surface area contributed by atoms with Crippen LogP contribution in [0, 0.1) is 0 Å². The maximum absolute atomic E-state index is 11.6. The van der Waals surface area contributed by atoms with Crippen molar-refractivity contribution < 1.29 is 10.2 Å². The van der Waals surface area contributed by atoms with Gasteiger partial charge in [0.15, 0.2) is 0 Å². The number of aliphatic hydroxyl groups excluding tert-OH is 2. The molecule has 0 saturated heterocycles. The van der Waals surface area contributed by atoms with E-state index < -0.39 is 6.23 Å². The number of nitrogens with zero attached hydrogens (tertiary/aromatic N) is 2. The first-order chi connectivity index (χ1) is 17.6. The minimum Gasteiger partial charge on any atom is -0.405 e. The van der Waals surface area contributed by atoms with Crippen LogP contribution in [0.4, 0.5) is 5.69 Å². The van der Waals surface area contributed by atoms with E-state index in [0.29, 0.717) is 12.3 Å². The van der Waals surface area contributed by atoms with Gasteiger partial charge in [-0.3, -0.25) is 4.90 Å². The van der Waals surface area contributed by atoms with Crippen molar-refractivity contribution in [3.05, 3.63) is 95.7 Å². The number of hydrogen-bond donors (Lipinski definition) is 3. The van der Waals surface area contributed by atoms with Gasteiger partial charge in [0, 0.05) is 48.1 Å². The highest BCUT2D eigenvalue weighted by Gasteiger charge is 2.27. The summed E-state index contributed by atoms with van der Waals surface area (Å²) in [5, 5.41) is 20.9. The van der Waals surface area contributed by atoms with Crippen LogP contribution in [0.25, 0.3) is 11.1 Å². The van der Waals surface area contributed by atoms with Gasteiger partial charge in [0.25, 0.3) is 0 Å². The number of nitrogens with two attached hydrogens (primary N) is 1. The summed E-state index contributed by atoms with van der Waals surface area (Å²) in [5.74, 6) is 0.604. The Morgan fingerprint density at radius 3 is 2.56 bits per heavy atom. The number of thioether (sulfide) groups is 1. The summed E-state index contributed by atoms with van der Waals surface area (Å²) in [6.07, 6.45) is 3.06. The van der Waals surface area contributed by atoms with Crippen molar-refractivity contribution in [2.45, 2.75) is 37.4 Å². The molecule has 0 aromatic heterocycles. The lowest BCUT2D eigenvalue weighted by Gasteiger charge is -2.29. The number of fused-ring (bicyclic) bond motifs is 1. The van der Waals surface area contributed by atoms with Crippen molar-refractivity contribution in [2.24, 2.45) is 5.73 Å². The first-order valence-electron chi connectivity index (χ1n) is 12.7. The molecule has 190 valence electrons. The maximum Gasteiger partial charge on any atom is 0.135 e. The van der Waals surface area contributed by atoms with Crippen LogP contribution in [0.1, 0.15) is 37.1 Å². The number of anilines is 1. The molecule has 0 saturated carbocycles. The topological polar surface area (TPSA) is 73.0 Å². The van der Waals surface area contributed by atoms with Crippen molar-refractivity contribution >= 4 is 17.4 Å². The molecule has 3 aromatic rings. The molecule has 1 unspecified atom stereocenters. The van der Waals surface area contributed by atoms with E-state index in [1.165, 1.54) is 28.0 Å². The van der Waals surface area contributed by atoms with Gasteiger partial charge in [-0.25, -0.2) is 0 Å². The second kappa shape index (κ2) is 13.0. The quantitative estimate of drug-likeness (QED) is 0.322. The van der Waals surface area contributed by atoms with E-state index in [2.05, 4.69) is 59.2 Å². The van der Waals surface area contributed by atoms with Gasteiger partial charge in [0.1, 0.15) is 6.23 Å². The number of aliphatic hydroxyl groups is 2. The molecule has 0 aliphatic carbocycles. The third-order valence-electron chi connectivity index (χ3n) is 6.65. The van der Waals surface area contributed by atoms with Crippen molar-refractivity contribution in [3.63, 3.8) is 0 Å². The predicted octanol–water partition coefficient (Wildman–Crippen LogP) is 5.39. The average molecular weight is 504 g/mol. The highest BCUT2D eigenvalue weighted by atomic mass is 32.2. The third kappa shape index (κ3) is 6.31. The Morgan fingerprint density at radius 2 is 1.81 bits per heavy atom. The lowest BCUT2D eigenvalue weighted by atomic mass is 10.0. The smallest absolute Gasteiger partial charge is 0.135 e. The van der Waals surface area contributed by atoms with Crippen molar-refractivity contribution in [2.75, 3.05) is 36.9 Å². The fourth-order valence-electron chi connectivity index (χ4n) is 4.83. The molecule has 0 spiro atoms. The Kier molecular flexibility index (Phi) is 9.47. The van der Waals surface area contributed by atoms with Gasteiger partial charge < -0.3 is 20.8 Å². The average Bonchev–Trinajstić information content (AvgIpc) is 3.11. The largest absolute Gasteiger partial charge is 0.405 e. The summed E-state index contributed by atoms with van der Waals surface area (Å²) in [5.41, 5.74) is 12.9. The van der Waals surface area contributed by atoms with Crippen LogP contribution < -0.4 is 10.6 Å². The number of hydrogen-bond acceptors (Lipinski definition) is 6. The Labute approximate surface area is 219 Å². The second-order valence-electron chi connectivity index (χ2n) is 9.16. The van der Waals surface area contributed by atoms with E-state index in [1.54, 1.807) is 18.0 Å². The lowest BCUT2D eigenvalue weighted by Crippen LogP contribution is -2.35. The van der Waals surface area contributed by atoms with Crippen molar-refractivity contribution in [1.82, 2.24) is 4.90 Å². The molecule has 5 nitrogen and oxygen atoms in total. The summed E-state index contributed by atoms with van der Waals surface area (Å²) >= 11 is 1.58. The summed E-state index contributed by atoms with van der Waals surface area (Å²) in [4.78, 5) is 5.56. The molecule has 0 bridgehead atoms.